The fourth-order valence-corrected chi connectivity index (χ4v) is 2.26. The van der Waals surface area contributed by atoms with Crippen LogP contribution in [0.3, 0.4) is 0 Å². The summed E-state index contributed by atoms with van der Waals surface area (Å²) in [5.74, 6) is 1.64. The van der Waals surface area contributed by atoms with Gasteiger partial charge in [0.15, 0.2) is 5.82 Å². The molecule has 0 atom stereocenters. The number of rotatable bonds is 4. The molecule has 0 aliphatic rings. The van der Waals surface area contributed by atoms with Crippen LogP contribution in [0.25, 0.3) is 11.4 Å². The van der Waals surface area contributed by atoms with Gasteiger partial charge in [0.05, 0.1) is 5.02 Å². The Morgan fingerprint density at radius 1 is 1.33 bits per heavy atom. The zero-order valence-corrected chi connectivity index (χ0v) is 13.2. The van der Waals surface area contributed by atoms with Gasteiger partial charge in [0.25, 0.3) is 0 Å². The van der Waals surface area contributed by atoms with Crippen LogP contribution in [-0.4, -0.2) is 21.3 Å². The monoisotopic (exact) mass is 376 g/mol. The molecule has 6 heteroatoms. The fourth-order valence-electron chi connectivity index (χ4n) is 1.74. The first kappa shape index (κ1) is 13.6. The maximum atomic E-state index is 6.15. The molecule has 0 fully saturated rings. The molecule has 0 aliphatic carbocycles. The van der Waals surface area contributed by atoms with E-state index in [4.69, 9.17) is 11.6 Å². The summed E-state index contributed by atoms with van der Waals surface area (Å²) in [6.07, 6.45) is 0. The Morgan fingerprint density at radius 3 is 2.72 bits per heavy atom. The van der Waals surface area contributed by atoms with E-state index < -0.39 is 0 Å². The van der Waals surface area contributed by atoms with E-state index in [2.05, 4.69) is 45.0 Å². The standard InChI is InChI=1S/C12H14ClIN4/c1-3-15-12-17-16-11(18(12)4-2)8-5-6-10(14)9(13)7-8/h5-7H,3-4H2,1-2H3,(H,15,17). The van der Waals surface area contributed by atoms with Crippen LogP contribution in [0.2, 0.25) is 5.02 Å². The van der Waals surface area contributed by atoms with Crippen LogP contribution in [0, 0.1) is 3.57 Å². The number of aromatic nitrogens is 3. The summed E-state index contributed by atoms with van der Waals surface area (Å²) < 4.78 is 3.08. The van der Waals surface area contributed by atoms with E-state index in [1.54, 1.807) is 0 Å². The average molecular weight is 377 g/mol. The van der Waals surface area contributed by atoms with Crippen molar-refractivity contribution < 1.29 is 0 Å². The summed E-state index contributed by atoms with van der Waals surface area (Å²) in [6.45, 7) is 5.75. The largest absolute Gasteiger partial charge is 0.355 e. The molecular weight excluding hydrogens is 363 g/mol. The normalized spacial score (nSPS) is 10.7. The minimum Gasteiger partial charge on any atom is -0.355 e. The predicted molar refractivity (Wildman–Crippen MR) is 83.0 cm³/mol. The van der Waals surface area contributed by atoms with Gasteiger partial charge in [-0.2, -0.15) is 0 Å². The van der Waals surface area contributed by atoms with Gasteiger partial charge in [-0.15, -0.1) is 10.2 Å². The Morgan fingerprint density at radius 2 is 2.11 bits per heavy atom. The number of anilines is 1. The van der Waals surface area contributed by atoms with Crippen molar-refractivity contribution in [2.75, 3.05) is 11.9 Å². The molecule has 4 nitrogen and oxygen atoms in total. The van der Waals surface area contributed by atoms with Crippen LogP contribution in [0.15, 0.2) is 18.2 Å². The maximum absolute atomic E-state index is 6.15. The minimum atomic E-state index is 0.740. The van der Waals surface area contributed by atoms with Crippen molar-refractivity contribution >= 4 is 40.1 Å². The molecule has 0 unspecified atom stereocenters. The second kappa shape index (κ2) is 5.88. The van der Waals surface area contributed by atoms with Crippen molar-refractivity contribution in [2.45, 2.75) is 20.4 Å². The molecule has 2 aromatic rings. The lowest BCUT2D eigenvalue weighted by molar-refractivity contribution is 0.770. The Bertz CT molecular complexity index is 553. The van der Waals surface area contributed by atoms with Crippen molar-refractivity contribution in [3.05, 3.63) is 26.8 Å². The lowest BCUT2D eigenvalue weighted by Gasteiger charge is -2.08. The molecule has 0 aliphatic heterocycles. The minimum absolute atomic E-state index is 0.740. The number of hydrogen-bond donors (Lipinski definition) is 1. The number of benzene rings is 1. The highest BCUT2D eigenvalue weighted by molar-refractivity contribution is 14.1. The van der Waals surface area contributed by atoms with Crippen LogP contribution in [0.5, 0.6) is 0 Å². The van der Waals surface area contributed by atoms with E-state index in [9.17, 15) is 0 Å². The van der Waals surface area contributed by atoms with E-state index in [0.29, 0.717) is 0 Å². The van der Waals surface area contributed by atoms with Gasteiger partial charge >= 0.3 is 0 Å². The van der Waals surface area contributed by atoms with Gasteiger partial charge in [-0.3, -0.25) is 4.57 Å². The Balaban J connectivity index is 2.46. The fraction of sp³-hybridized carbons (Fsp3) is 0.333. The number of nitrogens with one attached hydrogen (secondary N) is 1. The van der Waals surface area contributed by atoms with Crippen molar-refractivity contribution in [2.24, 2.45) is 0 Å². The highest BCUT2D eigenvalue weighted by atomic mass is 127. The third kappa shape index (κ3) is 2.61. The van der Waals surface area contributed by atoms with Gasteiger partial charge in [0.2, 0.25) is 5.95 Å². The first-order valence-electron chi connectivity index (χ1n) is 5.79. The summed E-state index contributed by atoms with van der Waals surface area (Å²) >= 11 is 8.36. The quantitative estimate of drug-likeness (QED) is 0.828. The second-order valence-electron chi connectivity index (χ2n) is 3.75. The molecule has 0 radical (unpaired) electrons. The molecule has 18 heavy (non-hydrogen) atoms. The number of halogens is 2. The molecule has 1 N–H and O–H groups in total. The van der Waals surface area contributed by atoms with Crippen LogP contribution in [0.4, 0.5) is 5.95 Å². The summed E-state index contributed by atoms with van der Waals surface area (Å²) in [5, 5.41) is 12.3. The van der Waals surface area contributed by atoms with Gasteiger partial charge in [-0.1, -0.05) is 17.7 Å². The Labute approximate surface area is 125 Å². The summed E-state index contributed by atoms with van der Waals surface area (Å²) in [6, 6.07) is 5.93. The summed E-state index contributed by atoms with van der Waals surface area (Å²) in [5.41, 5.74) is 0.985. The molecule has 0 saturated heterocycles. The molecule has 2 rings (SSSR count). The van der Waals surface area contributed by atoms with E-state index in [1.807, 2.05) is 29.7 Å². The van der Waals surface area contributed by atoms with Crippen molar-refractivity contribution in [3.63, 3.8) is 0 Å². The SMILES string of the molecule is CCNc1nnc(-c2ccc(I)c(Cl)c2)n1CC. The molecule has 0 saturated carbocycles. The van der Waals surface area contributed by atoms with Gasteiger partial charge in [-0.25, -0.2) is 0 Å². The van der Waals surface area contributed by atoms with E-state index in [1.165, 1.54) is 0 Å². The number of nitrogens with zero attached hydrogens (tertiary/aromatic N) is 3. The van der Waals surface area contributed by atoms with Crippen molar-refractivity contribution in [1.29, 1.82) is 0 Å². The molecule has 0 amide bonds. The lowest BCUT2D eigenvalue weighted by Crippen LogP contribution is -2.06. The van der Waals surface area contributed by atoms with Crippen LogP contribution in [0.1, 0.15) is 13.8 Å². The first-order chi connectivity index (χ1) is 8.67. The van der Waals surface area contributed by atoms with Gasteiger partial charge < -0.3 is 5.32 Å². The zero-order chi connectivity index (χ0) is 13.1. The Hall–Kier alpha value is -0.820. The molecular formula is C12H14ClIN4. The molecule has 0 bridgehead atoms. The lowest BCUT2D eigenvalue weighted by atomic mass is 10.2. The van der Waals surface area contributed by atoms with Crippen molar-refractivity contribution in [3.8, 4) is 11.4 Å². The first-order valence-corrected chi connectivity index (χ1v) is 7.25. The van der Waals surface area contributed by atoms with Gasteiger partial charge in [0.1, 0.15) is 0 Å². The highest BCUT2D eigenvalue weighted by Gasteiger charge is 2.12. The van der Waals surface area contributed by atoms with Crippen LogP contribution >= 0.6 is 34.2 Å². The van der Waals surface area contributed by atoms with Gasteiger partial charge in [-0.05, 0) is 48.6 Å². The zero-order valence-electron chi connectivity index (χ0n) is 10.2. The molecule has 0 spiro atoms. The maximum Gasteiger partial charge on any atom is 0.224 e. The molecule has 1 aromatic heterocycles. The third-order valence-corrected chi connectivity index (χ3v) is 4.15. The Kier molecular flexibility index (Phi) is 4.45. The molecule has 1 heterocycles. The highest BCUT2D eigenvalue weighted by Crippen LogP contribution is 2.26. The molecule has 1 aromatic carbocycles. The van der Waals surface area contributed by atoms with Crippen molar-refractivity contribution in [1.82, 2.24) is 14.8 Å². The van der Waals surface area contributed by atoms with E-state index in [-0.39, 0.29) is 0 Å². The predicted octanol–water partition coefficient (Wildman–Crippen LogP) is 3.65. The average Bonchev–Trinajstić information content (AvgIpc) is 2.76. The van der Waals surface area contributed by atoms with Crippen LogP contribution in [-0.2, 0) is 6.54 Å². The summed E-state index contributed by atoms with van der Waals surface area (Å²) in [7, 11) is 0. The van der Waals surface area contributed by atoms with E-state index in [0.717, 1.165) is 39.0 Å². The van der Waals surface area contributed by atoms with E-state index >= 15 is 0 Å². The van der Waals surface area contributed by atoms with Gasteiger partial charge in [0, 0.05) is 22.2 Å². The third-order valence-electron chi connectivity index (χ3n) is 2.58. The smallest absolute Gasteiger partial charge is 0.224 e. The second-order valence-corrected chi connectivity index (χ2v) is 5.32. The summed E-state index contributed by atoms with van der Waals surface area (Å²) in [4.78, 5) is 0. The topological polar surface area (TPSA) is 42.7 Å². The number of hydrogen-bond acceptors (Lipinski definition) is 3. The van der Waals surface area contributed by atoms with Crippen LogP contribution < -0.4 is 5.32 Å². The molecule has 96 valence electrons.